The molecule has 0 spiro atoms. The normalized spacial score (nSPS) is 16.4. The molecule has 1 fully saturated rings. The van der Waals surface area contributed by atoms with Gasteiger partial charge in [0.25, 0.3) is 5.91 Å². The summed E-state index contributed by atoms with van der Waals surface area (Å²) in [6.45, 7) is 0.684. The van der Waals surface area contributed by atoms with E-state index >= 15 is 0 Å². The maximum atomic E-state index is 13.3. The Morgan fingerprint density at radius 1 is 1.37 bits per heavy atom. The van der Waals surface area contributed by atoms with Gasteiger partial charge in [-0.05, 0) is 53.5 Å². The minimum atomic E-state index is -0.394. The molecule has 0 aliphatic heterocycles. The van der Waals surface area contributed by atoms with E-state index in [0.717, 1.165) is 0 Å². The third kappa shape index (κ3) is 4.05. The van der Waals surface area contributed by atoms with Crippen LogP contribution in [0.15, 0.2) is 12.1 Å². The molecule has 1 saturated carbocycles. The van der Waals surface area contributed by atoms with Crippen LogP contribution >= 0.6 is 34.2 Å². The van der Waals surface area contributed by atoms with Crippen molar-refractivity contribution >= 4 is 40.1 Å². The SMILES string of the molecule is O=C(NCC1CCCCC1)c1cc(I)c(F)cc1Cl. The van der Waals surface area contributed by atoms with Crippen molar-refractivity contribution in [2.24, 2.45) is 5.92 Å². The van der Waals surface area contributed by atoms with Crippen molar-refractivity contribution < 1.29 is 9.18 Å². The van der Waals surface area contributed by atoms with E-state index in [1.807, 2.05) is 22.6 Å². The van der Waals surface area contributed by atoms with Crippen LogP contribution in [-0.2, 0) is 0 Å². The van der Waals surface area contributed by atoms with Crippen LogP contribution in [0.2, 0.25) is 5.02 Å². The molecule has 1 aliphatic rings. The molecule has 2 rings (SSSR count). The van der Waals surface area contributed by atoms with Crippen LogP contribution in [0, 0.1) is 15.3 Å². The summed E-state index contributed by atoms with van der Waals surface area (Å²) in [6.07, 6.45) is 6.14. The highest BCUT2D eigenvalue weighted by Gasteiger charge is 2.17. The van der Waals surface area contributed by atoms with Gasteiger partial charge in [-0.15, -0.1) is 0 Å². The van der Waals surface area contributed by atoms with E-state index in [1.165, 1.54) is 44.2 Å². The van der Waals surface area contributed by atoms with Crippen molar-refractivity contribution in [1.82, 2.24) is 5.32 Å². The first-order valence-electron chi connectivity index (χ1n) is 6.50. The number of benzene rings is 1. The van der Waals surface area contributed by atoms with E-state index in [2.05, 4.69) is 5.32 Å². The third-order valence-electron chi connectivity index (χ3n) is 3.53. The average molecular weight is 396 g/mol. The van der Waals surface area contributed by atoms with E-state index in [-0.39, 0.29) is 10.9 Å². The lowest BCUT2D eigenvalue weighted by Gasteiger charge is -2.21. The molecule has 2 nitrogen and oxygen atoms in total. The van der Waals surface area contributed by atoms with E-state index in [0.29, 0.717) is 21.6 Å². The van der Waals surface area contributed by atoms with Crippen molar-refractivity contribution in [2.45, 2.75) is 32.1 Å². The molecular weight excluding hydrogens is 380 g/mol. The maximum Gasteiger partial charge on any atom is 0.252 e. The molecule has 1 aromatic rings. The summed E-state index contributed by atoms with van der Waals surface area (Å²) in [5.41, 5.74) is 0.350. The lowest BCUT2D eigenvalue weighted by Crippen LogP contribution is -2.30. The number of nitrogens with one attached hydrogen (secondary N) is 1. The molecule has 0 bridgehead atoms. The molecule has 0 radical (unpaired) electrons. The molecule has 0 aromatic heterocycles. The molecule has 1 amide bonds. The Balaban J connectivity index is 1.97. The van der Waals surface area contributed by atoms with Crippen LogP contribution in [0.4, 0.5) is 4.39 Å². The van der Waals surface area contributed by atoms with Crippen LogP contribution in [0.5, 0.6) is 0 Å². The van der Waals surface area contributed by atoms with Gasteiger partial charge in [-0.25, -0.2) is 4.39 Å². The molecule has 0 saturated heterocycles. The number of carbonyl (C=O) groups excluding carboxylic acids is 1. The number of rotatable bonds is 3. The Bertz CT molecular complexity index is 475. The monoisotopic (exact) mass is 395 g/mol. The summed E-state index contributed by atoms with van der Waals surface area (Å²) in [5, 5.41) is 3.07. The molecule has 1 aromatic carbocycles. The Morgan fingerprint density at radius 3 is 2.74 bits per heavy atom. The fourth-order valence-electron chi connectivity index (χ4n) is 2.42. The van der Waals surface area contributed by atoms with Crippen molar-refractivity contribution in [3.63, 3.8) is 0 Å². The minimum Gasteiger partial charge on any atom is -0.352 e. The van der Waals surface area contributed by atoms with Gasteiger partial charge in [0, 0.05) is 10.1 Å². The summed E-state index contributed by atoms with van der Waals surface area (Å²) in [7, 11) is 0. The van der Waals surface area contributed by atoms with Gasteiger partial charge in [0.15, 0.2) is 0 Å². The number of amides is 1. The lowest BCUT2D eigenvalue weighted by molar-refractivity contribution is 0.0943. The second kappa shape index (κ2) is 6.88. The molecule has 0 heterocycles. The largest absolute Gasteiger partial charge is 0.352 e. The standard InChI is InChI=1S/C14H16ClFINO/c15-11-7-12(16)13(17)6-10(11)14(19)18-8-9-4-2-1-3-5-9/h6-7,9H,1-5,8H2,(H,18,19). The molecule has 19 heavy (non-hydrogen) atoms. The summed E-state index contributed by atoms with van der Waals surface area (Å²) >= 11 is 7.77. The van der Waals surface area contributed by atoms with Gasteiger partial charge in [0.1, 0.15) is 5.82 Å². The Labute approximate surface area is 131 Å². The number of hydrogen-bond donors (Lipinski definition) is 1. The highest BCUT2D eigenvalue weighted by atomic mass is 127. The van der Waals surface area contributed by atoms with Crippen LogP contribution in [0.3, 0.4) is 0 Å². The first-order valence-corrected chi connectivity index (χ1v) is 7.96. The fourth-order valence-corrected chi connectivity index (χ4v) is 3.12. The van der Waals surface area contributed by atoms with Gasteiger partial charge < -0.3 is 5.32 Å². The molecule has 104 valence electrons. The molecule has 1 aliphatic carbocycles. The summed E-state index contributed by atoms with van der Waals surface area (Å²) in [4.78, 5) is 12.1. The van der Waals surface area contributed by atoms with Crippen LogP contribution in [-0.4, -0.2) is 12.5 Å². The van der Waals surface area contributed by atoms with Crippen molar-refractivity contribution in [3.8, 4) is 0 Å². The lowest BCUT2D eigenvalue weighted by atomic mass is 9.89. The zero-order valence-electron chi connectivity index (χ0n) is 10.5. The highest BCUT2D eigenvalue weighted by molar-refractivity contribution is 14.1. The Hall–Kier alpha value is -0.360. The number of halogens is 3. The van der Waals surface area contributed by atoms with Gasteiger partial charge in [0.05, 0.1) is 10.6 Å². The minimum absolute atomic E-state index is 0.166. The molecule has 5 heteroatoms. The zero-order chi connectivity index (χ0) is 13.8. The Morgan fingerprint density at radius 2 is 2.05 bits per heavy atom. The fraction of sp³-hybridized carbons (Fsp3) is 0.500. The van der Waals surface area contributed by atoms with Crippen molar-refractivity contribution in [2.75, 3.05) is 6.54 Å². The topological polar surface area (TPSA) is 29.1 Å². The predicted molar refractivity (Wildman–Crippen MR) is 83.0 cm³/mol. The summed E-state index contributed by atoms with van der Waals surface area (Å²) in [5.74, 6) is -0.0427. The molecule has 0 atom stereocenters. The number of carbonyl (C=O) groups is 1. The van der Waals surface area contributed by atoms with Crippen LogP contribution in [0.25, 0.3) is 0 Å². The third-order valence-corrected chi connectivity index (χ3v) is 4.67. The van der Waals surface area contributed by atoms with E-state index in [1.54, 1.807) is 0 Å². The smallest absolute Gasteiger partial charge is 0.252 e. The second-order valence-electron chi connectivity index (χ2n) is 4.96. The molecular formula is C14H16ClFINO. The van der Waals surface area contributed by atoms with E-state index in [9.17, 15) is 9.18 Å². The average Bonchev–Trinajstić information content (AvgIpc) is 2.41. The van der Waals surface area contributed by atoms with Gasteiger partial charge in [-0.3, -0.25) is 4.79 Å². The van der Waals surface area contributed by atoms with Crippen LogP contribution in [0.1, 0.15) is 42.5 Å². The van der Waals surface area contributed by atoms with Crippen molar-refractivity contribution in [3.05, 3.63) is 32.1 Å². The maximum absolute atomic E-state index is 13.3. The predicted octanol–water partition coefficient (Wildman–Crippen LogP) is 4.39. The first kappa shape index (κ1) is 15.0. The summed E-state index contributed by atoms with van der Waals surface area (Å²) in [6, 6.07) is 2.69. The zero-order valence-corrected chi connectivity index (χ0v) is 13.4. The van der Waals surface area contributed by atoms with Gasteiger partial charge in [0.2, 0.25) is 0 Å². The Kier molecular flexibility index (Phi) is 5.45. The van der Waals surface area contributed by atoms with Crippen molar-refractivity contribution in [1.29, 1.82) is 0 Å². The van der Waals surface area contributed by atoms with E-state index < -0.39 is 5.82 Å². The van der Waals surface area contributed by atoms with E-state index in [4.69, 9.17) is 11.6 Å². The van der Waals surface area contributed by atoms with Crippen LogP contribution < -0.4 is 5.32 Å². The number of hydrogen-bond acceptors (Lipinski definition) is 1. The van der Waals surface area contributed by atoms with Gasteiger partial charge in [-0.1, -0.05) is 30.9 Å². The van der Waals surface area contributed by atoms with Gasteiger partial charge in [-0.2, -0.15) is 0 Å². The first-order chi connectivity index (χ1) is 9.08. The molecule has 0 unspecified atom stereocenters. The quantitative estimate of drug-likeness (QED) is 0.597. The highest BCUT2D eigenvalue weighted by Crippen LogP contribution is 2.24. The second-order valence-corrected chi connectivity index (χ2v) is 6.53. The summed E-state index contributed by atoms with van der Waals surface area (Å²) < 4.78 is 13.7. The van der Waals surface area contributed by atoms with Gasteiger partial charge >= 0.3 is 0 Å². The molecule has 1 N–H and O–H groups in total.